The van der Waals surface area contributed by atoms with Crippen LogP contribution in [0.5, 0.6) is 0 Å². The standard InChI is InChI=1S/C3H7NO2S5/c4-2(3(5)6)1-8-10-11-9-7/h2,7H,1,4H2,(H,5,6)/t2-/m0/s1. The zero-order valence-electron chi connectivity index (χ0n) is 5.30. The predicted molar refractivity (Wildman–Crippen MR) is 59.8 cm³/mol. The van der Waals surface area contributed by atoms with Crippen LogP contribution >= 0.6 is 51.9 Å². The third-order valence-electron chi connectivity index (χ3n) is 0.671. The van der Waals surface area contributed by atoms with Gasteiger partial charge >= 0.3 is 5.97 Å². The van der Waals surface area contributed by atoms with Crippen molar-refractivity contribution < 1.29 is 9.90 Å². The molecule has 0 fully saturated rings. The molecule has 11 heavy (non-hydrogen) atoms. The van der Waals surface area contributed by atoms with Crippen molar-refractivity contribution in [3.05, 3.63) is 0 Å². The Morgan fingerprint density at radius 2 is 2.27 bits per heavy atom. The van der Waals surface area contributed by atoms with Gasteiger partial charge in [0, 0.05) is 5.75 Å². The Morgan fingerprint density at radius 3 is 2.73 bits per heavy atom. The molecule has 0 radical (unpaired) electrons. The minimum Gasteiger partial charge on any atom is -0.480 e. The van der Waals surface area contributed by atoms with Crippen LogP contribution in [-0.4, -0.2) is 22.9 Å². The van der Waals surface area contributed by atoms with E-state index < -0.39 is 12.0 Å². The maximum Gasteiger partial charge on any atom is 0.321 e. The van der Waals surface area contributed by atoms with E-state index in [0.29, 0.717) is 5.75 Å². The predicted octanol–water partition coefficient (Wildman–Crippen LogP) is 1.92. The Balaban J connectivity index is 3.17. The lowest BCUT2D eigenvalue weighted by molar-refractivity contribution is -0.137. The normalized spacial score (nSPS) is 12.9. The zero-order valence-corrected chi connectivity index (χ0v) is 9.46. The van der Waals surface area contributed by atoms with Crippen LogP contribution in [0.25, 0.3) is 0 Å². The Labute approximate surface area is 85.0 Å². The van der Waals surface area contributed by atoms with Crippen molar-refractivity contribution >= 4 is 57.9 Å². The van der Waals surface area contributed by atoms with Crippen molar-refractivity contribution in [1.29, 1.82) is 0 Å². The fourth-order valence-corrected chi connectivity index (χ4v) is 6.23. The molecular formula is C3H7NO2S5. The zero-order chi connectivity index (χ0) is 8.69. The van der Waals surface area contributed by atoms with Gasteiger partial charge in [0.2, 0.25) is 0 Å². The molecular weight excluding hydrogens is 242 g/mol. The first-order chi connectivity index (χ1) is 5.18. The van der Waals surface area contributed by atoms with Gasteiger partial charge in [0.05, 0.1) is 0 Å². The molecule has 0 aromatic carbocycles. The first-order valence-corrected chi connectivity index (χ1v) is 8.47. The maximum atomic E-state index is 10.2. The molecule has 0 amide bonds. The van der Waals surface area contributed by atoms with E-state index in [9.17, 15) is 4.79 Å². The minimum absolute atomic E-state index is 0.418. The van der Waals surface area contributed by atoms with Crippen molar-refractivity contribution in [3.8, 4) is 0 Å². The smallest absolute Gasteiger partial charge is 0.321 e. The highest BCUT2D eigenvalue weighted by Crippen LogP contribution is 2.44. The van der Waals surface area contributed by atoms with E-state index in [-0.39, 0.29) is 0 Å². The summed E-state index contributed by atoms with van der Waals surface area (Å²) in [4.78, 5) is 10.2. The van der Waals surface area contributed by atoms with E-state index in [1.807, 2.05) is 0 Å². The van der Waals surface area contributed by atoms with E-state index in [4.69, 9.17) is 10.8 Å². The quantitative estimate of drug-likeness (QED) is 0.377. The van der Waals surface area contributed by atoms with Gasteiger partial charge in [-0.3, -0.25) is 4.79 Å². The Bertz CT molecular complexity index is 122. The molecule has 0 aromatic rings. The second-order valence-corrected chi connectivity index (χ2v) is 8.19. The number of nitrogens with two attached hydrogens (primary N) is 1. The van der Waals surface area contributed by atoms with Crippen LogP contribution in [0.4, 0.5) is 0 Å². The van der Waals surface area contributed by atoms with Crippen LogP contribution in [0.15, 0.2) is 0 Å². The Kier molecular flexibility index (Phi) is 8.65. The summed E-state index contributed by atoms with van der Waals surface area (Å²) < 4.78 is 0. The van der Waals surface area contributed by atoms with E-state index in [1.165, 1.54) is 40.3 Å². The number of carboxylic acids is 1. The van der Waals surface area contributed by atoms with E-state index >= 15 is 0 Å². The summed E-state index contributed by atoms with van der Waals surface area (Å²) in [7, 11) is 5.69. The Morgan fingerprint density at radius 1 is 1.64 bits per heavy atom. The van der Waals surface area contributed by atoms with E-state index in [2.05, 4.69) is 11.7 Å². The molecule has 0 saturated carbocycles. The van der Waals surface area contributed by atoms with Gasteiger partial charge in [-0.1, -0.05) is 22.5 Å². The third kappa shape index (κ3) is 7.54. The lowest BCUT2D eigenvalue weighted by Gasteiger charge is -2.02. The van der Waals surface area contributed by atoms with Gasteiger partial charge < -0.3 is 10.8 Å². The van der Waals surface area contributed by atoms with Gasteiger partial charge in [0.25, 0.3) is 0 Å². The average Bonchev–Trinajstić information content (AvgIpc) is 1.97. The number of thiol groups is 1. The van der Waals surface area contributed by atoms with Crippen LogP contribution in [0.3, 0.4) is 0 Å². The summed E-state index contributed by atoms with van der Waals surface area (Å²) in [6.07, 6.45) is 0. The minimum atomic E-state index is -0.957. The molecule has 0 spiro atoms. The van der Waals surface area contributed by atoms with Crippen LogP contribution in [0, 0.1) is 0 Å². The molecule has 0 rings (SSSR count). The topological polar surface area (TPSA) is 63.3 Å². The molecule has 8 heteroatoms. The summed E-state index contributed by atoms with van der Waals surface area (Å²) in [5.41, 5.74) is 5.23. The average molecular weight is 249 g/mol. The molecule has 0 aromatic heterocycles. The monoisotopic (exact) mass is 249 g/mol. The summed E-state index contributed by atoms with van der Waals surface area (Å²) in [5, 5.41) is 8.36. The molecule has 0 aliphatic rings. The largest absolute Gasteiger partial charge is 0.480 e. The van der Waals surface area contributed by atoms with E-state index in [0.717, 1.165) is 0 Å². The number of hydrogen-bond donors (Lipinski definition) is 3. The molecule has 0 heterocycles. The molecule has 0 aliphatic carbocycles. The third-order valence-corrected chi connectivity index (χ3v) is 7.48. The molecule has 0 aliphatic heterocycles. The maximum absolute atomic E-state index is 10.2. The first-order valence-electron chi connectivity index (χ1n) is 2.43. The number of carbonyl (C=O) groups is 1. The highest BCUT2D eigenvalue weighted by molar-refractivity contribution is 9.34. The summed E-state index contributed by atoms with van der Waals surface area (Å²) in [5.74, 6) is -0.539. The summed E-state index contributed by atoms with van der Waals surface area (Å²) in [6, 6.07) is -0.766. The van der Waals surface area contributed by atoms with Crippen molar-refractivity contribution in [2.45, 2.75) is 6.04 Å². The lowest BCUT2D eigenvalue weighted by atomic mass is 10.4. The molecule has 1 atom stereocenters. The van der Waals surface area contributed by atoms with Crippen LogP contribution < -0.4 is 5.73 Å². The lowest BCUT2D eigenvalue weighted by Crippen LogP contribution is -2.32. The van der Waals surface area contributed by atoms with Crippen molar-refractivity contribution in [1.82, 2.24) is 0 Å². The first kappa shape index (κ1) is 12.2. The number of aliphatic carboxylic acids is 1. The fourth-order valence-electron chi connectivity index (χ4n) is 0.204. The van der Waals surface area contributed by atoms with Gasteiger partial charge in [0.15, 0.2) is 0 Å². The molecule has 3 nitrogen and oxygen atoms in total. The number of carboxylic acid groups (broad SMARTS) is 1. The van der Waals surface area contributed by atoms with Crippen molar-refractivity contribution in [2.24, 2.45) is 5.73 Å². The number of rotatable bonds is 6. The second-order valence-electron chi connectivity index (χ2n) is 1.44. The summed E-state index contributed by atoms with van der Waals surface area (Å²) >= 11 is 3.88. The molecule has 66 valence electrons. The summed E-state index contributed by atoms with van der Waals surface area (Å²) in [6.45, 7) is 0. The van der Waals surface area contributed by atoms with Crippen molar-refractivity contribution in [3.63, 3.8) is 0 Å². The van der Waals surface area contributed by atoms with Gasteiger partial charge in [-0.2, -0.15) is 0 Å². The van der Waals surface area contributed by atoms with Gasteiger partial charge in [-0.15, -0.1) is 0 Å². The van der Waals surface area contributed by atoms with Crippen molar-refractivity contribution in [2.75, 3.05) is 5.75 Å². The molecule has 3 N–H and O–H groups in total. The van der Waals surface area contributed by atoms with Crippen LogP contribution in [-0.2, 0) is 4.79 Å². The highest BCUT2D eigenvalue weighted by Gasteiger charge is 2.10. The van der Waals surface area contributed by atoms with Gasteiger partial charge in [-0.05, 0) is 29.5 Å². The molecule has 0 bridgehead atoms. The van der Waals surface area contributed by atoms with Gasteiger partial charge in [-0.25, -0.2) is 0 Å². The van der Waals surface area contributed by atoms with Crippen LogP contribution in [0.1, 0.15) is 0 Å². The van der Waals surface area contributed by atoms with E-state index in [1.54, 1.807) is 0 Å². The number of hydrogen-bond acceptors (Lipinski definition) is 7. The fraction of sp³-hybridized carbons (Fsp3) is 0.667. The molecule has 0 saturated heterocycles. The van der Waals surface area contributed by atoms with Gasteiger partial charge in [0.1, 0.15) is 6.04 Å². The molecule has 0 unspecified atom stereocenters. The van der Waals surface area contributed by atoms with Crippen LogP contribution in [0.2, 0.25) is 0 Å². The Hall–Kier alpha value is 1.18. The SMILES string of the molecule is N[C@@H](CSSSSS)C(=O)O. The second kappa shape index (κ2) is 7.81. The highest BCUT2D eigenvalue weighted by atomic mass is 33.8.